The summed E-state index contributed by atoms with van der Waals surface area (Å²) in [5.41, 5.74) is 1.02. The zero-order chi connectivity index (χ0) is 28.6. The third-order valence-corrected chi connectivity index (χ3v) is 14.1. The van der Waals surface area contributed by atoms with Crippen LogP contribution in [0.25, 0.3) is 0 Å². The molecule has 0 heterocycles. The van der Waals surface area contributed by atoms with E-state index in [0.29, 0.717) is 30.2 Å². The van der Waals surface area contributed by atoms with Gasteiger partial charge in [0.25, 0.3) is 0 Å². The molecule has 0 aliphatic heterocycles. The Morgan fingerprint density at radius 2 is 1.64 bits per heavy atom. The average molecular weight is 540 g/mol. The lowest BCUT2D eigenvalue weighted by Crippen LogP contribution is -2.67. The second kappa shape index (κ2) is 9.38. The van der Waals surface area contributed by atoms with E-state index in [-0.39, 0.29) is 39.8 Å². The van der Waals surface area contributed by atoms with Crippen molar-refractivity contribution < 1.29 is 19.4 Å². The van der Waals surface area contributed by atoms with E-state index in [1.165, 1.54) is 18.4 Å². The van der Waals surface area contributed by atoms with Crippen molar-refractivity contribution in [2.24, 2.45) is 56.7 Å². The van der Waals surface area contributed by atoms with Gasteiger partial charge in [0.05, 0.1) is 5.41 Å². The van der Waals surface area contributed by atoms with Crippen molar-refractivity contribution in [2.75, 3.05) is 6.54 Å². The van der Waals surface area contributed by atoms with Crippen LogP contribution in [0.2, 0.25) is 0 Å². The summed E-state index contributed by atoms with van der Waals surface area (Å²) in [6.45, 7) is 23.0. The van der Waals surface area contributed by atoms with Gasteiger partial charge in [-0.2, -0.15) is 0 Å². The van der Waals surface area contributed by atoms with Gasteiger partial charge in [0.15, 0.2) is 0 Å². The van der Waals surface area contributed by atoms with E-state index in [0.717, 1.165) is 51.4 Å². The highest BCUT2D eigenvalue weighted by Gasteiger charge is 2.72. The van der Waals surface area contributed by atoms with E-state index >= 15 is 0 Å². The Balaban J connectivity index is 1.46. The monoisotopic (exact) mass is 539 g/mol. The van der Waals surface area contributed by atoms with Gasteiger partial charge in [0.2, 0.25) is 0 Å². The summed E-state index contributed by atoms with van der Waals surface area (Å²) in [6.07, 6.45) is 11.5. The second-order valence-electron chi connectivity index (χ2n) is 15.6. The van der Waals surface area contributed by atoms with Crippen LogP contribution in [0.1, 0.15) is 106 Å². The lowest BCUT2D eigenvalue weighted by molar-refractivity contribution is -0.247. The molecule has 0 saturated heterocycles. The van der Waals surface area contributed by atoms with Crippen molar-refractivity contribution in [3.63, 3.8) is 0 Å². The lowest BCUT2D eigenvalue weighted by Gasteiger charge is -2.72. The summed E-state index contributed by atoms with van der Waals surface area (Å²) in [5.74, 6) is 1.51. The predicted octanol–water partition coefficient (Wildman–Crippen LogP) is 8.01. The van der Waals surface area contributed by atoms with E-state index in [1.54, 1.807) is 6.08 Å². The molecule has 0 radical (unpaired) electrons. The molecule has 5 nitrogen and oxygen atoms in total. The molecule has 5 aliphatic rings. The van der Waals surface area contributed by atoms with Gasteiger partial charge in [0, 0.05) is 12.0 Å². The largest absolute Gasteiger partial charge is 0.481 e. The molecule has 1 amide bonds. The molecule has 5 heteroatoms. The number of carbonyl (C=O) groups is 2. The molecule has 0 bridgehead atoms. The molecular weight excluding hydrogens is 486 g/mol. The van der Waals surface area contributed by atoms with Crippen LogP contribution < -0.4 is 5.32 Å². The fraction of sp³-hybridized carbons (Fsp3) is 0.824. The lowest BCUT2D eigenvalue weighted by atomic mass is 9.32. The summed E-state index contributed by atoms with van der Waals surface area (Å²) in [7, 11) is 0. The summed E-state index contributed by atoms with van der Waals surface area (Å²) in [5, 5.41) is 13.4. The number of fused-ring (bicyclic) bond motifs is 7. The number of carboxylic acid groups (broad SMARTS) is 1. The minimum Gasteiger partial charge on any atom is -0.481 e. The van der Waals surface area contributed by atoms with E-state index in [1.807, 2.05) is 0 Å². The van der Waals surface area contributed by atoms with Crippen LogP contribution in [0.15, 0.2) is 24.8 Å². The van der Waals surface area contributed by atoms with E-state index in [9.17, 15) is 14.7 Å². The number of aliphatic carboxylic acids is 1. The highest BCUT2D eigenvalue weighted by atomic mass is 16.6. The predicted molar refractivity (Wildman–Crippen MR) is 155 cm³/mol. The Hall–Kier alpha value is -1.78. The summed E-state index contributed by atoms with van der Waals surface area (Å²) in [4.78, 5) is 25.4. The summed E-state index contributed by atoms with van der Waals surface area (Å²) in [6, 6.07) is 0. The van der Waals surface area contributed by atoms with Gasteiger partial charge in [-0.15, -0.1) is 6.58 Å². The van der Waals surface area contributed by atoms with Crippen LogP contribution in [0.3, 0.4) is 0 Å². The van der Waals surface area contributed by atoms with Crippen molar-refractivity contribution in [3.8, 4) is 0 Å². The highest BCUT2D eigenvalue weighted by Crippen LogP contribution is 2.77. The van der Waals surface area contributed by atoms with Crippen LogP contribution in [-0.2, 0) is 9.53 Å². The van der Waals surface area contributed by atoms with Crippen LogP contribution in [0.5, 0.6) is 0 Å². The average Bonchev–Trinajstić information content (AvgIpc) is 3.26. The molecule has 5 rings (SSSR count). The minimum absolute atomic E-state index is 0.0858. The minimum atomic E-state index is -0.568. The zero-order valence-electron chi connectivity index (χ0n) is 25.4. The first-order valence-electron chi connectivity index (χ1n) is 15.6. The molecule has 0 aromatic rings. The third kappa shape index (κ3) is 3.83. The van der Waals surface area contributed by atoms with Crippen LogP contribution >= 0.6 is 0 Å². The van der Waals surface area contributed by atoms with Crippen LogP contribution in [-0.4, -0.2) is 29.8 Å². The molecule has 39 heavy (non-hydrogen) atoms. The number of hydrogen-bond acceptors (Lipinski definition) is 3. The van der Waals surface area contributed by atoms with Gasteiger partial charge in [-0.1, -0.05) is 52.8 Å². The Morgan fingerprint density at radius 1 is 0.923 bits per heavy atom. The van der Waals surface area contributed by atoms with Gasteiger partial charge < -0.3 is 15.2 Å². The Kier molecular flexibility index (Phi) is 6.91. The molecule has 2 N–H and O–H groups in total. The van der Waals surface area contributed by atoms with Gasteiger partial charge in [-0.25, -0.2) is 4.79 Å². The smallest absolute Gasteiger partial charge is 0.407 e. The topological polar surface area (TPSA) is 75.6 Å². The molecule has 5 fully saturated rings. The maximum Gasteiger partial charge on any atom is 0.407 e. The molecule has 0 unspecified atom stereocenters. The van der Waals surface area contributed by atoms with Crippen molar-refractivity contribution in [1.82, 2.24) is 5.32 Å². The first-order chi connectivity index (χ1) is 18.2. The summed E-state index contributed by atoms with van der Waals surface area (Å²) < 4.78 is 6.02. The Labute approximate surface area is 236 Å². The number of carbonyl (C=O) groups excluding carboxylic acids is 1. The van der Waals surface area contributed by atoms with E-state index in [2.05, 4.69) is 60.0 Å². The Morgan fingerprint density at radius 3 is 2.28 bits per heavy atom. The maximum absolute atomic E-state index is 12.9. The molecule has 0 aromatic heterocycles. The van der Waals surface area contributed by atoms with Crippen molar-refractivity contribution >= 4 is 12.1 Å². The van der Waals surface area contributed by atoms with Crippen LogP contribution in [0.4, 0.5) is 4.79 Å². The van der Waals surface area contributed by atoms with Crippen molar-refractivity contribution in [3.05, 3.63) is 24.8 Å². The highest BCUT2D eigenvalue weighted by molar-refractivity contribution is 5.76. The molecule has 5 aliphatic carbocycles. The van der Waals surface area contributed by atoms with Crippen LogP contribution in [0, 0.1) is 56.7 Å². The maximum atomic E-state index is 12.9. The third-order valence-electron chi connectivity index (χ3n) is 14.1. The summed E-state index contributed by atoms with van der Waals surface area (Å²) >= 11 is 0. The van der Waals surface area contributed by atoms with Gasteiger partial charge in [0.1, 0.15) is 6.10 Å². The fourth-order valence-corrected chi connectivity index (χ4v) is 12.0. The standard InChI is InChI=1S/C34H53NO4/c1-9-20-35-29(38)39-26-14-15-31(6)24(30(26,4)5)13-16-33(8)25(31)11-10-23-27-22(21(2)3)12-17-34(27,28(36)37)19-18-32(23,33)7/h9,22-27H,1-2,10-20H2,3-8H3,(H,35,38)(H,36,37)/t22-,23+,24-,25+,26-,27+,31-,32+,33+,34-/m0/s1. The number of nitrogens with one attached hydrogen (secondary N) is 1. The molecule has 0 aromatic carbocycles. The van der Waals surface area contributed by atoms with Gasteiger partial charge >= 0.3 is 12.1 Å². The number of ether oxygens (including phenoxy) is 1. The molecule has 218 valence electrons. The van der Waals surface area contributed by atoms with E-state index in [4.69, 9.17) is 4.74 Å². The number of alkyl carbamates (subject to hydrolysis) is 1. The normalized spacial score (nSPS) is 47.9. The number of hydrogen-bond donors (Lipinski definition) is 2. The number of rotatable bonds is 5. The molecule has 0 spiro atoms. The second-order valence-corrected chi connectivity index (χ2v) is 15.6. The zero-order valence-corrected chi connectivity index (χ0v) is 25.4. The SMILES string of the molecule is C=CCNC(=O)O[C@H]1CC[C@]2(C)[C@H]3CC[C@@H]4[C@H]5[C@H](C(=C)C)CC[C@]5(C(=O)O)CC[C@@]4(C)[C@]3(C)CC[C@H]2C1(C)C. The number of carboxylic acids is 1. The molecule has 5 saturated carbocycles. The molecular formula is C34H53NO4. The Bertz CT molecular complexity index is 1050. The number of allylic oxidation sites excluding steroid dienone is 1. The fourth-order valence-electron chi connectivity index (χ4n) is 12.0. The quantitative estimate of drug-likeness (QED) is 0.347. The number of amides is 1. The van der Waals surface area contributed by atoms with E-state index < -0.39 is 11.4 Å². The van der Waals surface area contributed by atoms with Crippen molar-refractivity contribution in [1.29, 1.82) is 0 Å². The first kappa shape index (κ1) is 28.7. The molecule has 10 atom stereocenters. The van der Waals surface area contributed by atoms with Gasteiger partial charge in [-0.05, 0) is 117 Å². The van der Waals surface area contributed by atoms with Gasteiger partial charge in [-0.3, -0.25) is 4.79 Å². The first-order valence-corrected chi connectivity index (χ1v) is 15.6. The van der Waals surface area contributed by atoms with Crippen molar-refractivity contribution in [2.45, 2.75) is 112 Å².